The molecule has 0 unspecified atom stereocenters. The Morgan fingerprint density at radius 3 is 2.39 bits per heavy atom. The van der Waals surface area contributed by atoms with Crippen LogP contribution < -0.4 is 16.0 Å². The predicted octanol–water partition coefficient (Wildman–Crippen LogP) is 2.12. The molecular formula is C15H25N3. The van der Waals surface area contributed by atoms with Gasteiger partial charge in [-0.1, -0.05) is 25.0 Å². The molecule has 0 aliphatic heterocycles. The summed E-state index contributed by atoms with van der Waals surface area (Å²) in [6, 6.07) is 0.773. The van der Waals surface area contributed by atoms with Crippen molar-refractivity contribution in [2.75, 3.05) is 6.54 Å². The van der Waals surface area contributed by atoms with E-state index < -0.39 is 0 Å². The molecule has 0 aromatic rings. The maximum Gasteiger partial charge on any atom is 0.0631 e. The molecule has 0 aromatic carbocycles. The summed E-state index contributed by atoms with van der Waals surface area (Å²) in [5, 5.41) is 9.42. The first kappa shape index (κ1) is 16.3. The molecule has 0 saturated carbocycles. The van der Waals surface area contributed by atoms with Gasteiger partial charge in [-0.15, -0.1) is 0 Å². The minimum Gasteiger partial charge on any atom is -0.382 e. The molecule has 0 aliphatic carbocycles. The SMILES string of the molecule is C=CN/C=C(/C#CCNC(C)C)C(=C)NC(C)C. The second-order valence-electron chi connectivity index (χ2n) is 4.54. The lowest BCUT2D eigenvalue weighted by Gasteiger charge is -2.12. The van der Waals surface area contributed by atoms with Crippen molar-refractivity contribution in [2.45, 2.75) is 39.8 Å². The molecule has 0 rings (SSSR count). The van der Waals surface area contributed by atoms with E-state index in [1.807, 2.05) is 0 Å². The molecule has 3 heteroatoms. The van der Waals surface area contributed by atoms with Crippen molar-refractivity contribution in [3.05, 3.63) is 36.8 Å². The molecule has 18 heavy (non-hydrogen) atoms. The number of allylic oxidation sites excluding steroid dienone is 1. The second-order valence-corrected chi connectivity index (χ2v) is 4.54. The molecular weight excluding hydrogens is 222 g/mol. The first-order valence-electron chi connectivity index (χ1n) is 6.22. The number of hydrogen-bond acceptors (Lipinski definition) is 3. The van der Waals surface area contributed by atoms with E-state index in [1.165, 1.54) is 0 Å². The van der Waals surface area contributed by atoms with Crippen LogP contribution in [0, 0.1) is 11.8 Å². The zero-order valence-corrected chi connectivity index (χ0v) is 11.9. The van der Waals surface area contributed by atoms with Crippen LogP contribution in [0.5, 0.6) is 0 Å². The van der Waals surface area contributed by atoms with Crippen LogP contribution in [0.4, 0.5) is 0 Å². The van der Waals surface area contributed by atoms with Gasteiger partial charge in [0.1, 0.15) is 0 Å². The summed E-state index contributed by atoms with van der Waals surface area (Å²) in [6.45, 7) is 16.6. The fourth-order valence-corrected chi connectivity index (χ4v) is 1.16. The lowest BCUT2D eigenvalue weighted by Crippen LogP contribution is -2.23. The van der Waals surface area contributed by atoms with Crippen molar-refractivity contribution in [1.82, 2.24) is 16.0 Å². The molecule has 0 radical (unpaired) electrons. The average Bonchev–Trinajstić information content (AvgIpc) is 2.26. The van der Waals surface area contributed by atoms with E-state index in [4.69, 9.17) is 0 Å². The highest BCUT2D eigenvalue weighted by atomic mass is 14.9. The van der Waals surface area contributed by atoms with E-state index in [0.717, 1.165) is 11.3 Å². The molecule has 3 N–H and O–H groups in total. The van der Waals surface area contributed by atoms with E-state index in [2.05, 4.69) is 68.6 Å². The molecule has 0 amide bonds. The third-order valence-electron chi connectivity index (χ3n) is 1.96. The van der Waals surface area contributed by atoms with Crippen LogP contribution in [-0.2, 0) is 0 Å². The lowest BCUT2D eigenvalue weighted by molar-refractivity contribution is 0.638. The number of hydrogen-bond donors (Lipinski definition) is 3. The fourth-order valence-electron chi connectivity index (χ4n) is 1.16. The Morgan fingerprint density at radius 2 is 1.89 bits per heavy atom. The van der Waals surface area contributed by atoms with Gasteiger partial charge in [-0.05, 0) is 33.9 Å². The van der Waals surface area contributed by atoms with Crippen LogP contribution >= 0.6 is 0 Å². The van der Waals surface area contributed by atoms with Crippen molar-refractivity contribution in [2.24, 2.45) is 0 Å². The van der Waals surface area contributed by atoms with Crippen LogP contribution in [0.2, 0.25) is 0 Å². The normalized spacial score (nSPS) is 10.9. The van der Waals surface area contributed by atoms with Gasteiger partial charge in [-0.3, -0.25) is 0 Å². The molecule has 0 heterocycles. The van der Waals surface area contributed by atoms with Crippen LogP contribution in [0.3, 0.4) is 0 Å². The highest BCUT2D eigenvalue weighted by molar-refractivity contribution is 5.43. The van der Waals surface area contributed by atoms with Gasteiger partial charge in [0.25, 0.3) is 0 Å². The minimum atomic E-state index is 0.334. The van der Waals surface area contributed by atoms with E-state index in [9.17, 15) is 0 Å². The van der Waals surface area contributed by atoms with E-state index >= 15 is 0 Å². The quantitative estimate of drug-likeness (QED) is 0.476. The predicted molar refractivity (Wildman–Crippen MR) is 79.7 cm³/mol. The first-order valence-corrected chi connectivity index (χ1v) is 6.22. The van der Waals surface area contributed by atoms with Crippen LogP contribution in [0.25, 0.3) is 0 Å². The summed E-state index contributed by atoms with van der Waals surface area (Å²) in [5.74, 6) is 6.17. The van der Waals surface area contributed by atoms with Crippen LogP contribution in [0.15, 0.2) is 36.8 Å². The summed E-state index contributed by atoms with van der Waals surface area (Å²) in [6.07, 6.45) is 3.41. The van der Waals surface area contributed by atoms with Gasteiger partial charge in [-0.25, -0.2) is 0 Å². The summed E-state index contributed by atoms with van der Waals surface area (Å²) < 4.78 is 0. The largest absolute Gasteiger partial charge is 0.382 e. The standard InChI is InChI=1S/C15H25N3/c1-7-16-11-15(14(6)18-13(4)5)9-8-10-17-12(2)3/h7,11-13,16-18H,1,6,10H2,2-5H3/b15-11-. The van der Waals surface area contributed by atoms with Gasteiger partial charge < -0.3 is 16.0 Å². The summed E-state index contributed by atoms with van der Waals surface area (Å²) >= 11 is 0. The smallest absolute Gasteiger partial charge is 0.0631 e. The lowest BCUT2D eigenvalue weighted by atomic mass is 10.2. The topological polar surface area (TPSA) is 36.1 Å². The van der Waals surface area contributed by atoms with Crippen molar-refractivity contribution in [1.29, 1.82) is 0 Å². The second kappa shape index (κ2) is 9.38. The molecule has 0 fully saturated rings. The molecule has 0 spiro atoms. The Labute approximate surface area is 111 Å². The molecule has 0 saturated heterocycles. The molecule has 3 nitrogen and oxygen atoms in total. The van der Waals surface area contributed by atoms with Gasteiger partial charge in [0.2, 0.25) is 0 Å². The Hall–Kier alpha value is -1.66. The van der Waals surface area contributed by atoms with Crippen molar-refractivity contribution in [3.8, 4) is 11.8 Å². The third kappa shape index (κ3) is 8.49. The highest BCUT2D eigenvalue weighted by Crippen LogP contribution is 2.03. The third-order valence-corrected chi connectivity index (χ3v) is 1.96. The Kier molecular flexibility index (Phi) is 8.51. The number of rotatable bonds is 7. The van der Waals surface area contributed by atoms with Crippen molar-refractivity contribution < 1.29 is 0 Å². The average molecular weight is 247 g/mol. The molecule has 0 atom stereocenters. The van der Waals surface area contributed by atoms with Gasteiger partial charge in [0, 0.05) is 24.0 Å². The maximum atomic E-state index is 3.99. The number of nitrogens with one attached hydrogen (secondary N) is 3. The van der Waals surface area contributed by atoms with Crippen molar-refractivity contribution in [3.63, 3.8) is 0 Å². The van der Waals surface area contributed by atoms with E-state index in [0.29, 0.717) is 18.6 Å². The summed E-state index contributed by atoms with van der Waals surface area (Å²) in [5.41, 5.74) is 1.66. The molecule has 100 valence electrons. The van der Waals surface area contributed by atoms with Crippen molar-refractivity contribution >= 4 is 0 Å². The molecule has 0 aromatic heterocycles. The fraction of sp³-hybridized carbons (Fsp3) is 0.467. The Morgan fingerprint density at radius 1 is 1.22 bits per heavy atom. The summed E-state index contributed by atoms with van der Waals surface area (Å²) in [4.78, 5) is 0. The first-order chi connectivity index (χ1) is 8.47. The van der Waals surface area contributed by atoms with Gasteiger partial charge in [0.05, 0.1) is 12.1 Å². The van der Waals surface area contributed by atoms with Crippen LogP contribution in [0.1, 0.15) is 27.7 Å². The summed E-state index contributed by atoms with van der Waals surface area (Å²) in [7, 11) is 0. The van der Waals surface area contributed by atoms with Crippen LogP contribution in [-0.4, -0.2) is 18.6 Å². The Bertz CT molecular complexity index is 354. The van der Waals surface area contributed by atoms with Gasteiger partial charge in [-0.2, -0.15) is 0 Å². The molecule has 0 aliphatic rings. The Balaban J connectivity index is 4.58. The van der Waals surface area contributed by atoms with E-state index in [-0.39, 0.29) is 0 Å². The zero-order chi connectivity index (χ0) is 14.0. The van der Waals surface area contributed by atoms with Gasteiger partial charge in [0.15, 0.2) is 0 Å². The monoisotopic (exact) mass is 247 g/mol. The minimum absolute atomic E-state index is 0.334. The zero-order valence-electron chi connectivity index (χ0n) is 11.9. The highest BCUT2D eigenvalue weighted by Gasteiger charge is 2.00. The molecule has 0 bridgehead atoms. The van der Waals surface area contributed by atoms with Gasteiger partial charge >= 0.3 is 0 Å². The van der Waals surface area contributed by atoms with E-state index in [1.54, 1.807) is 12.4 Å². The maximum absolute atomic E-state index is 3.99.